The number of methoxy groups -OCH3 is 1. The van der Waals surface area contributed by atoms with E-state index >= 15 is 0 Å². The first-order valence-electron chi connectivity index (χ1n) is 9.19. The molecule has 1 aliphatic rings. The van der Waals surface area contributed by atoms with Crippen LogP contribution in [-0.4, -0.2) is 56.0 Å². The molecule has 148 valence electrons. The number of aliphatic hydroxyl groups excluding tert-OH is 1. The number of rotatable bonds is 7. The summed E-state index contributed by atoms with van der Waals surface area (Å²) < 4.78 is 10.7. The second-order valence-corrected chi connectivity index (χ2v) is 7.05. The van der Waals surface area contributed by atoms with Crippen LogP contribution in [0.1, 0.15) is 23.8 Å². The van der Waals surface area contributed by atoms with E-state index in [2.05, 4.69) is 0 Å². The first-order valence-corrected chi connectivity index (χ1v) is 9.19. The third-order valence-corrected chi connectivity index (χ3v) is 4.77. The summed E-state index contributed by atoms with van der Waals surface area (Å²) >= 11 is 0. The molecule has 2 heterocycles. The molecule has 0 spiro atoms. The molecular weight excluding hydrogens is 360 g/mol. The van der Waals surface area contributed by atoms with Crippen molar-refractivity contribution in [3.8, 4) is 5.75 Å². The zero-order chi connectivity index (χ0) is 20.3. The van der Waals surface area contributed by atoms with Crippen molar-refractivity contribution in [3.05, 3.63) is 59.6 Å². The average Bonchev–Trinajstić information content (AvgIpc) is 3.29. The van der Waals surface area contributed by atoms with Gasteiger partial charge in [0.1, 0.15) is 23.3 Å². The minimum Gasteiger partial charge on any atom is -0.507 e. The summed E-state index contributed by atoms with van der Waals surface area (Å²) in [5.74, 6) is -0.583. The topological polar surface area (TPSA) is 84.4 Å². The predicted molar refractivity (Wildman–Crippen MR) is 103 cm³/mol. The first-order chi connectivity index (χ1) is 13.4. The molecule has 0 saturated carbocycles. The molecule has 1 saturated heterocycles. The Morgan fingerprint density at radius 2 is 2.04 bits per heavy atom. The minimum atomic E-state index is -0.752. The fourth-order valence-electron chi connectivity index (χ4n) is 3.38. The lowest BCUT2D eigenvalue weighted by Gasteiger charge is -2.23. The van der Waals surface area contributed by atoms with Crippen LogP contribution in [0.25, 0.3) is 5.76 Å². The van der Waals surface area contributed by atoms with E-state index in [9.17, 15) is 14.7 Å². The van der Waals surface area contributed by atoms with E-state index in [0.29, 0.717) is 23.6 Å². The van der Waals surface area contributed by atoms with Crippen molar-refractivity contribution in [3.63, 3.8) is 0 Å². The summed E-state index contributed by atoms with van der Waals surface area (Å²) in [6, 6.07) is 9.40. The van der Waals surface area contributed by atoms with Crippen molar-refractivity contribution in [2.75, 3.05) is 34.3 Å². The number of amides is 1. The number of furan rings is 1. The molecule has 1 atom stereocenters. The van der Waals surface area contributed by atoms with Gasteiger partial charge in [0.2, 0.25) is 0 Å². The molecule has 0 radical (unpaired) electrons. The maximum atomic E-state index is 12.8. The Morgan fingerprint density at radius 1 is 1.25 bits per heavy atom. The smallest absolute Gasteiger partial charge is 0.295 e. The van der Waals surface area contributed by atoms with Crippen LogP contribution >= 0.6 is 0 Å². The van der Waals surface area contributed by atoms with Crippen LogP contribution in [0.5, 0.6) is 5.75 Å². The maximum absolute atomic E-state index is 12.8. The molecule has 2 aromatic rings. The van der Waals surface area contributed by atoms with Crippen molar-refractivity contribution in [2.24, 2.45) is 0 Å². The molecule has 1 aromatic heterocycles. The Balaban J connectivity index is 2.04. The second kappa shape index (κ2) is 8.31. The molecule has 3 rings (SSSR count). The number of Topliss-reactive ketones (excluding diaryl/α,β-unsaturated/α-hetero) is 1. The highest BCUT2D eigenvalue weighted by molar-refractivity contribution is 6.46. The van der Waals surface area contributed by atoms with Gasteiger partial charge in [-0.15, -0.1) is 0 Å². The number of likely N-dealkylation sites (tertiary alicyclic amines) is 1. The first kappa shape index (κ1) is 19.7. The third-order valence-electron chi connectivity index (χ3n) is 4.77. The molecule has 0 aliphatic carbocycles. The van der Waals surface area contributed by atoms with E-state index in [1.54, 1.807) is 36.4 Å². The fourth-order valence-corrected chi connectivity index (χ4v) is 3.38. The van der Waals surface area contributed by atoms with Crippen LogP contribution in [0.2, 0.25) is 0 Å². The normalized spacial score (nSPS) is 18.9. The van der Waals surface area contributed by atoms with Crippen molar-refractivity contribution in [2.45, 2.75) is 12.5 Å². The summed E-state index contributed by atoms with van der Waals surface area (Å²) in [6.45, 7) is 1.25. The molecule has 1 amide bonds. The number of carbonyl (C=O) groups is 2. The van der Waals surface area contributed by atoms with Crippen LogP contribution in [0, 0.1) is 0 Å². The predicted octanol–water partition coefficient (Wildman–Crippen LogP) is 1.24. The molecule has 0 bridgehead atoms. The molecule has 2 N–H and O–H groups in total. The molecule has 28 heavy (non-hydrogen) atoms. The maximum Gasteiger partial charge on any atom is 0.295 e. The highest BCUT2D eigenvalue weighted by Crippen LogP contribution is 2.39. The van der Waals surface area contributed by atoms with E-state index in [1.807, 2.05) is 14.1 Å². The van der Waals surface area contributed by atoms with Gasteiger partial charge in [-0.05, 0) is 24.3 Å². The van der Waals surface area contributed by atoms with E-state index < -0.39 is 17.7 Å². The van der Waals surface area contributed by atoms with E-state index in [4.69, 9.17) is 9.15 Å². The molecule has 1 aromatic carbocycles. The highest BCUT2D eigenvalue weighted by Gasteiger charge is 2.47. The van der Waals surface area contributed by atoms with Gasteiger partial charge >= 0.3 is 0 Å². The van der Waals surface area contributed by atoms with Crippen LogP contribution < -0.4 is 9.64 Å². The molecule has 7 heteroatoms. The zero-order valence-electron chi connectivity index (χ0n) is 16.3. The Hall–Kier alpha value is -3.06. The van der Waals surface area contributed by atoms with Crippen LogP contribution in [0.15, 0.2) is 52.7 Å². The highest BCUT2D eigenvalue weighted by atomic mass is 16.5. The Labute approximate surface area is 163 Å². The Morgan fingerprint density at radius 3 is 2.68 bits per heavy atom. The van der Waals surface area contributed by atoms with Crippen molar-refractivity contribution < 1.29 is 28.7 Å². The lowest BCUT2D eigenvalue weighted by molar-refractivity contribution is -0.858. The Kier molecular flexibility index (Phi) is 5.84. The standard InChI is InChI=1S/C21H24N2O5/c1-22(2)10-6-11-23-18(16-9-5-12-28-16)17(20(25)21(23)26)19(24)14-7-4-8-15(13-14)27-3/h4-5,7-9,12-13,18,24H,6,10-11H2,1-3H3/p+1/t18-/m0/s1. The monoisotopic (exact) mass is 385 g/mol. The number of hydrogen-bond donors (Lipinski definition) is 2. The molecular formula is C21H25N2O5+. The van der Waals surface area contributed by atoms with Crippen molar-refractivity contribution in [1.82, 2.24) is 4.90 Å². The summed E-state index contributed by atoms with van der Waals surface area (Å²) in [6.07, 6.45) is 2.22. The van der Waals surface area contributed by atoms with Crippen molar-refractivity contribution in [1.29, 1.82) is 0 Å². The second-order valence-electron chi connectivity index (χ2n) is 7.05. The number of aliphatic hydroxyl groups is 1. The number of quaternary nitrogens is 1. The number of nitrogens with one attached hydrogen (secondary N) is 1. The van der Waals surface area contributed by atoms with Crippen LogP contribution in [0.3, 0.4) is 0 Å². The van der Waals surface area contributed by atoms with E-state index in [1.165, 1.54) is 23.2 Å². The molecule has 1 aliphatic heterocycles. The van der Waals surface area contributed by atoms with Crippen LogP contribution in [-0.2, 0) is 9.59 Å². The third kappa shape index (κ3) is 3.80. The number of carbonyl (C=O) groups excluding carboxylic acids is 2. The lowest BCUT2D eigenvalue weighted by Crippen LogP contribution is -3.05. The summed E-state index contributed by atoms with van der Waals surface area (Å²) in [7, 11) is 5.58. The largest absolute Gasteiger partial charge is 0.507 e. The van der Waals surface area contributed by atoms with E-state index in [-0.39, 0.29) is 11.3 Å². The summed E-state index contributed by atoms with van der Waals surface area (Å²) in [4.78, 5) is 28.2. The summed E-state index contributed by atoms with van der Waals surface area (Å²) in [5.41, 5.74) is 0.442. The van der Waals surface area contributed by atoms with Gasteiger partial charge in [0.25, 0.3) is 11.7 Å². The number of ketones is 1. The van der Waals surface area contributed by atoms with Gasteiger partial charge in [-0.3, -0.25) is 9.59 Å². The fraction of sp³-hybridized carbons (Fsp3) is 0.333. The van der Waals surface area contributed by atoms with Gasteiger partial charge in [-0.1, -0.05) is 12.1 Å². The molecule has 0 unspecified atom stereocenters. The quantitative estimate of drug-likeness (QED) is 0.426. The van der Waals surface area contributed by atoms with Gasteiger partial charge in [0.05, 0.1) is 39.6 Å². The SMILES string of the molecule is COc1cccc(C(O)=C2C(=O)C(=O)N(CCC[NH+](C)C)[C@H]2c2ccco2)c1. The number of hydrogen-bond acceptors (Lipinski definition) is 5. The zero-order valence-corrected chi connectivity index (χ0v) is 16.3. The van der Waals surface area contributed by atoms with Gasteiger partial charge < -0.3 is 24.1 Å². The van der Waals surface area contributed by atoms with Crippen molar-refractivity contribution >= 4 is 17.4 Å². The number of nitrogens with zero attached hydrogens (tertiary/aromatic N) is 1. The minimum absolute atomic E-state index is 0.0328. The van der Waals surface area contributed by atoms with E-state index in [0.717, 1.165) is 13.0 Å². The summed E-state index contributed by atoms with van der Waals surface area (Å²) in [5, 5.41) is 10.9. The molecule has 7 nitrogen and oxygen atoms in total. The van der Waals surface area contributed by atoms with Gasteiger partial charge in [-0.25, -0.2) is 0 Å². The lowest BCUT2D eigenvalue weighted by atomic mass is 9.99. The average molecular weight is 385 g/mol. The number of benzene rings is 1. The van der Waals surface area contributed by atoms with Crippen LogP contribution in [0.4, 0.5) is 0 Å². The van der Waals surface area contributed by atoms with Gasteiger partial charge in [-0.2, -0.15) is 0 Å². The van der Waals surface area contributed by atoms with Gasteiger partial charge in [0, 0.05) is 18.5 Å². The Bertz CT molecular complexity index is 886. The molecule has 1 fully saturated rings. The number of ether oxygens (including phenoxy) is 1. The van der Waals surface area contributed by atoms with Gasteiger partial charge in [0.15, 0.2) is 0 Å².